The summed E-state index contributed by atoms with van der Waals surface area (Å²) < 4.78 is 0. The number of nitrogens with one attached hydrogen (secondary N) is 1. The minimum absolute atomic E-state index is 0.00143. The van der Waals surface area contributed by atoms with Crippen LogP contribution >= 0.6 is 11.3 Å². The summed E-state index contributed by atoms with van der Waals surface area (Å²) in [6.07, 6.45) is 3.61. The second-order valence-electron chi connectivity index (χ2n) is 6.33. The lowest BCUT2D eigenvalue weighted by Crippen LogP contribution is -2.28. The van der Waals surface area contributed by atoms with Gasteiger partial charge in [-0.2, -0.15) is 0 Å². The van der Waals surface area contributed by atoms with Crippen molar-refractivity contribution in [1.29, 1.82) is 0 Å². The van der Waals surface area contributed by atoms with E-state index in [9.17, 15) is 9.59 Å². The first-order chi connectivity index (χ1) is 11.6. The quantitative estimate of drug-likeness (QED) is 0.929. The number of aromatic nitrogens is 2. The Morgan fingerprint density at radius 2 is 2.12 bits per heavy atom. The third kappa shape index (κ3) is 2.80. The molecule has 4 rings (SSSR count). The highest BCUT2D eigenvalue weighted by Gasteiger charge is 2.35. The summed E-state index contributed by atoms with van der Waals surface area (Å²) in [6, 6.07) is 6.22. The van der Waals surface area contributed by atoms with Gasteiger partial charge >= 0.3 is 0 Å². The summed E-state index contributed by atoms with van der Waals surface area (Å²) in [5, 5.41) is 11.8. The van der Waals surface area contributed by atoms with Crippen molar-refractivity contribution in [2.75, 3.05) is 16.8 Å². The zero-order valence-electron chi connectivity index (χ0n) is 13.4. The molecule has 0 saturated carbocycles. The summed E-state index contributed by atoms with van der Waals surface area (Å²) >= 11 is 1.33. The van der Waals surface area contributed by atoms with E-state index in [1.54, 1.807) is 4.90 Å². The molecule has 1 atom stereocenters. The van der Waals surface area contributed by atoms with E-state index in [4.69, 9.17) is 0 Å². The first-order valence-corrected chi connectivity index (χ1v) is 8.95. The molecule has 1 aromatic carbocycles. The molecule has 1 unspecified atom stereocenters. The van der Waals surface area contributed by atoms with Crippen molar-refractivity contribution in [3.05, 3.63) is 34.3 Å². The number of carbonyl (C=O) groups is 2. The van der Waals surface area contributed by atoms with E-state index < -0.39 is 0 Å². The van der Waals surface area contributed by atoms with Gasteiger partial charge in [-0.1, -0.05) is 17.4 Å². The lowest BCUT2D eigenvalue weighted by atomic mass is 10.1. The number of nitrogens with zero attached hydrogens (tertiary/aromatic N) is 3. The molecular weight excluding hydrogens is 324 g/mol. The summed E-state index contributed by atoms with van der Waals surface area (Å²) in [5.74, 6) is -0.514. The van der Waals surface area contributed by atoms with Gasteiger partial charge in [0.2, 0.25) is 16.9 Å². The van der Waals surface area contributed by atoms with Gasteiger partial charge in [0, 0.05) is 18.7 Å². The number of rotatable bonds is 3. The maximum absolute atomic E-state index is 12.4. The van der Waals surface area contributed by atoms with Crippen molar-refractivity contribution in [2.24, 2.45) is 5.92 Å². The van der Waals surface area contributed by atoms with Crippen LogP contribution in [0.2, 0.25) is 0 Å². The molecule has 1 aromatic heterocycles. The van der Waals surface area contributed by atoms with Crippen LogP contribution in [0, 0.1) is 12.8 Å². The number of fused-ring (bicyclic) bond motifs is 1. The van der Waals surface area contributed by atoms with Crippen LogP contribution in [0.3, 0.4) is 0 Å². The lowest BCUT2D eigenvalue weighted by molar-refractivity contribution is -0.122. The summed E-state index contributed by atoms with van der Waals surface area (Å²) in [5.41, 5.74) is 3.62. The first kappa shape index (κ1) is 15.3. The number of hydrogen-bond donors (Lipinski definition) is 1. The van der Waals surface area contributed by atoms with Crippen LogP contribution < -0.4 is 10.2 Å². The summed E-state index contributed by atoms with van der Waals surface area (Å²) in [4.78, 5) is 26.5. The molecule has 2 heterocycles. The Kier molecular flexibility index (Phi) is 3.80. The van der Waals surface area contributed by atoms with Crippen molar-refractivity contribution in [1.82, 2.24) is 10.2 Å². The normalized spacial score (nSPS) is 19.6. The molecule has 24 heavy (non-hydrogen) atoms. The van der Waals surface area contributed by atoms with Gasteiger partial charge in [-0.15, -0.1) is 10.2 Å². The van der Waals surface area contributed by atoms with Gasteiger partial charge in [0.25, 0.3) is 0 Å². The Bertz CT molecular complexity index is 817. The monoisotopic (exact) mass is 342 g/mol. The molecule has 1 N–H and O–H groups in total. The smallest absolute Gasteiger partial charge is 0.231 e. The highest BCUT2D eigenvalue weighted by Crippen LogP contribution is 2.31. The molecule has 0 spiro atoms. The molecule has 2 amide bonds. The Morgan fingerprint density at radius 3 is 2.92 bits per heavy atom. The molecule has 1 aliphatic heterocycles. The predicted octanol–water partition coefficient (Wildman–Crippen LogP) is 2.33. The van der Waals surface area contributed by atoms with E-state index in [2.05, 4.69) is 27.6 Å². The van der Waals surface area contributed by atoms with E-state index in [0.29, 0.717) is 11.7 Å². The summed E-state index contributed by atoms with van der Waals surface area (Å²) in [7, 11) is 0. The number of carbonyl (C=O) groups excluding carboxylic acids is 2. The largest absolute Gasteiger partial charge is 0.312 e. The zero-order valence-corrected chi connectivity index (χ0v) is 14.2. The molecule has 0 bridgehead atoms. The Morgan fingerprint density at radius 1 is 1.29 bits per heavy atom. The number of anilines is 2. The maximum atomic E-state index is 12.4. The van der Waals surface area contributed by atoms with Gasteiger partial charge in [0.15, 0.2) is 0 Å². The highest BCUT2D eigenvalue weighted by atomic mass is 32.1. The predicted molar refractivity (Wildman–Crippen MR) is 92.2 cm³/mol. The van der Waals surface area contributed by atoms with Gasteiger partial charge in [-0.25, -0.2) is 0 Å². The van der Waals surface area contributed by atoms with Crippen LogP contribution in [0.25, 0.3) is 0 Å². The Hall–Kier alpha value is -2.28. The van der Waals surface area contributed by atoms with E-state index in [0.717, 1.165) is 23.5 Å². The summed E-state index contributed by atoms with van der Waals surface area (Å²) in [6.45, 7) is 2.25. The van der Waals surface area contributed by atoms with Crippen molar-refractivity contribution in [3.8, 4) is 0 Å². The molecule has 2 aliphatic rings. The molecule has 7 heteroatoms. The highest BCUT2D eigenvalue weighted by molar-refractivity contribution is 7.15. The standard InChI is InChI=1S/C17H18N4O2S/c1-10-19-20-17(24-10)18-16(23)13-8-15(22)21(9-13)14-6-5-11-3-2-4-12(11)7-14/h5-7,13H,2-4,8-9H2,1H3,(H,18,20,23). The third-order valence-electron chi connectivity index (χ3n) is 4.65. The number of benzene rings is 1. The number of amides is 2. The van der Waals surface area contributed by atoms with Gasteiger partial charge in [0.1, 0.15) is 5.01 Å². The molecule has 1 fully saturated rings. The topological polar surface area (TPSA) is 75.2 Å². The Balaban J connectivity index is 1.47. The van der Waals surface area contributed by atoms with E-state index in [1.165, 1.54) is 28.9 Å². The van der Waals surface area contributed by atoms with Gasteiger partial charge in [0.05, 0.1) is 5.92 Å². The molecule has 0 radical (unpaired) electrons. The van der Waals surface area contributed by atoms with Crippen molar-refractivity contribution >= 4 is 34.0 Å². The van der Waals surface area contributed by atoms with Crippen molar-refractivity contribution in [2.45, 2.75) is 32.6 Å². The zero-order chi connectivity index (χ0) is 16.7. The molecular formula is C17H18N4O2S. The fourth-order valence-electron chi connectivity index (χ4n) is 3.41. The van der Waals surface area contributed by atoms with E-state index in [1.807, 2.05) is 13.0 Å². The van der Waals surface area contributed by atoms with Crippen LogP contribution in [0.1, 0.15) is 29.0 Å². The Labute approximate surface area is 143 Å². The third-order valence-corrected chi connectivity index (χ3v) is 5.40. The van der Waals surface area contributed by atoms with E-state index in [-0.39, 0.29) is 24.2 Å². The van der Waals surface area contributed by atoms with Crippen LogP contribution in [0.5, 0.6) is 0 Å². The number of hydrogen-bond acceptors (Lipinski definition) is 5. The second kappa shape index (κ2) is 5.98. The average molecular weight is 342 g/mol. The molecule has 6 nitrogen and oxygen atoms in total. The average Bonchev–Trinajstić information content (AvgIpc) is 3.26. The van der Waals surface area contributed by atoms with Gasteiger partial charge < -0.3 is 10.2 Å². The first-order valence-electron chi connectivity index (χ1n) is 8.13. The number of aryl methyl sites for hydroxylation is 3. The lowest BCUT2D eigenvalue weighted by Gasteiger charge is -2.17. The molecule has 1 aliphatic carbocycles. The van der Waals surface area contributed by atoms with Gasteiger partial charge in [-0.3, -0.25) is 9.59 Å². The second-order valence-corrected chi connectivity index (χ2v) is 7.51. The van der Waals surface area contributed by atoms with Crippen LogP contribution in [-0.2, 0) is 22.4 Å². The molecule has 1 saturated heterocycles. The van der Waals surface area contributed by atoms with E-state index >= 15 is 0 Å². The van der Waals surface area contributed by atoms with Crippen LogP contribution in [0.15, 0.2) is 18.2 Å². The maximum Gasteiger partial charge on any atom is 0.231 e. The minimum atomic E-state index is -0.352. The fraction of sp³-hybridized carbons (Fsp3) is 0.412. The molecule has 2 aromatic rings. The fourth-order valence-corrected chi connectivity index (χ4v) is 4.01. The van der Waals surface area contributed by atoms with Crippen molar-refractivity contribution < 1.29 is 9.59 Å². The minimum Gasteiger partial charge on any atom is -0.312 e. The van der Waals surface area contributed by atoms with Crippen LogP contribution in [0.4, 0.5) is 10.8 Å². The SMILES string of the molecule is Cc1nnc(NC(=O)C2CC(=O)N(c3ccc4c(c3)CCC4)C2)s1. The van der Waals surface area contributed by atoms with Crippen LogP contribution in [-0.4, -0.2) is 28.6 Å². The molecule has 124 valence electrons. The van der Waals surface area contributed by atoms with Crippen molar-refractivity contribution in [3.63, 3.8) is 0 Å². The van der Waals surface area contributed by atoms with Gasteiger partial charge in [-0.05, 0) is 49.4 Å².